The van der Waals surface area contributed by atoms with Crippen molar-refractivity contribution >= 4 is 42.1 Å². The zero-order valence-electron chi connectivity index (χ0n) is 9.81. The van der Waals surface area contributed by atoms with E-state index in [2.05, 4.69) is 9.46 Å². The van der Waals surface area contributed by atoms with Gasteiger partial charge in [0.15, 0.2) is 0 Å². The second-order valence-electron chi connectivity index (χ2n) is 2.85. The molecule has 7 nitrogen and oxygen atoms in total. The van der Waals surface area contributed by atoms with Gasteiger partial charge in [-0.15, -0.1) is 4.62 Å². The summed E-state index contributed by atoms with van der Waals surface area (Å²) in [5, 5.41) is 0.263. The van der Waals surface area contributed by atoms with Crippen LogP contribution in [0.4, 0.5) is 0 Å². The van der Waals surface area contributed by atoms with Crippen molar-refractivity contribution in [2.75, 3.05) is 5.75 Å². The number of thiocarbonyl (C=S) groups is 1. The number of hydroxylamine groups is 2. The lowest BCUT2D eigenvalue weighted by atomic mass is 10.5. The van der Waals surface area contributed by atoms with Crippen LogP contribution in [0, 0.1) is 0 Å². The molecule has 0 heterocycles. The van der Waals surface area contributed by atoms with Gasteiger partial charge in [-0.1, -0.05) is 24.8 Å². The van der Waals surface area contributed by atoms with Crippen LogP contribution in [-0.4, -0.2) is 31.1 Å². The van der Waals surface area contributed by atoms with E-state index in [1.165, 1.54) is 6.08 Å². The average molecular weight is 315 g/mol. The van der Waals surface area contributed by atoms with Gasteiger partial charge in [0.2, 0.25) is 4.32 Å². The maximum absolute atomic E-state index is 11.2. The minimum Gasteiger partial charge on any atom is -0.308 e. The Hall–Kier alpha value is -0.440. The molecule has 104 valence electrons. The van der Waals surface area contributed by atoms with E-state index in [1.807, 2.05) is 6.92 Å². The van der Waals surface area contributed by atoms with Crippen LogP contribution in [0.3, 0.4) is 0 Å². The van der Waals surface area contributed by atoms with Gasteiger partial charge >= 0.3 is 13.8 Å². The molecule has 0 aliphatic heterocycles. The molecule has 0 amide bonds. The Labute approximate surface area is 114 Å². The molecule has 0 aliphatic carbocycles. The number of carbonyl (C=O) groups is 1. The number of rotatable bonds is 5. The minimum atomic E-state index is -4.86. The molecule has 0 aromatic heterocycles. The smallest absolute Gasteiger partial charge is 0.308 e. The van der Waals surface area contributed by atoms with E-state index >= 15 is 0 Å². The van der Waals surface area contributed by atoms with Gasteiger partial charge in [0.25, 0.3) is 0 Å². The first kappa shape index (κ1) is 17.6. The Morgan fingerprint density at radius 1 is 1.56 bits per heavy atom. The largest absolute Gasteiger partial charge is 0.493 e. The maximum atomic E-state index is 11.2. The van der Waals surface area contributed by atoms with Crippen molar-refractivity contribution in [2.45, 2.75) is 20.3 Å². The van der Waals surface area contributed by atoms with E-state index in [4.69, 9.17) is 22.0 Å². The quantitative estimate of drug-likeness (QED) is 0.340. The number of phosphoric acid groups is 1. The first-order valence-electron chi connectivity index (χ1n) is 4.87. The van der Waals surface area contributed by atoms with Crippen molar-refractivity contribution in [3.63, 3.8) is 0 Å². The molecule has 0 atom stereocenters. The fraction of sp³-hybridized carbons (Fsp3) is 0.500. The minimum absolute atomic E-state index is 0.0990. The van der Waals surface area contributed by atoms with Crippen molar-refractivity contribution in [1.82, 2.24) is 5.23 Å². The highest BCUT2D eigenvalue weighted by molar-refractivity contribution is 8.22. The predicted octanol–water partition coefficient (Wildman–Crippen LogP) is 1.78. The summed E-state index contributed by atoms with van der Waals surface area (Å²) in [6.07, 6.45) is 3.25. The van der Waals surface area contributed by atoms with Gasteiger partial charge in [-0.25, -0.2) is 9.36 Å². The second kappa shape index (κ2) is 8.63. The number of hydrogen-bond donors (Lipinski definition) is 2. The molecule has 0 radical (unpaired) electrons. The number of nitrogens with zero attached hydrogens (tertiary/aromatic N) is 1. The van der Waals surface area contributed by atoms with Gasteiger partial charge < -0.3 is 14.6 Å². The zero-order valence-corrected chi connectivity index (χ0v) is 12.3. The zero-order chi connectivity index (χ0) is 14.2. The standard InChI is InChI=1S/C8H14NO6PS2/c1-3-5-7(10)14-9(15-16(11,12)13)8(17)18-6-4-2/h3,5H,4,6H2,1-2H3,(H2,11,12,13). The van der Waals surface area contributed by atoms with E-state index in [1.54, 1.807) is 6.92 Å². The molecule has 18 heavy (non-hydrogen) atoms. The molecule has 0 aromatic rings. The van der Waals surface area contributed by atoms with Crippen LogP contribution >= 0.6 is 31.8 Å². The van der Waals surface area contributed by atoms with E-state index in [0.29, 0.717) is 5.75 Å². The third-order valence-corrected chi connectivity index (χ3v) is 3.11. The third-order valence-electron chi connectivity index (χ3n) is 1.23. The molecule has 0 saturated carbocycles. The highest BCUT2D eigenvalue weighted by Gasteiger charge is 2.26. The van der Waals surface area contributed by atoms with Gasteiger partial charge in [0.1, 0.15) is 0 Å². The summed E-state index contributed by atoms with van der Waals surface area (Å²) >= 11 is 5.90. The monoisotopic (exact) mass is 315 g/mol. The molecule has 2 N–H and O–H groups in total. The van der Waals surface area contributed by atoms with Gasteiger partial charge in [-0.3, -0.25) is 0 Å². The van der Waals surface area contributed by atoms with Crippen molar-refractivity contribution in [3.05, 3.63) is 12.2 Å². The van der Waals surface area contributed by atoms with Crippen molar-refractivity contribution in [2.24, 2.45) is 0 Å². The molecule has 0 bridgehead atoms. The molecule has 0 aromatic carbocycles. The van der Waals surface area contributed by atoms with Gasteiger partial charge in [0.05, 0.1) is 0 Å². The molecule has 10 heteroatoms. The molecule has 0 aliphatic rings. The number of hydrogen-bond acceptors (Lipinski definition) is 6. The molecular weight excluding hydrogens is 301 g/mol. The van der Waals surface area contributed by atoms with Gasteiger partial charge in [0, 0.05) is 11.8 Å². The summed E-state index contributed by atoms with van der Waals surface area (Å²) in [6, 6.07) is 0. The molecule has 0 spiro atoms. The highest BCUT2D eigenvalue weighted by atomic mass is 32.2. The normalized spacial score (nSPS) is 11.6. The molecular formula is C8H14NO6PS2. The molecule has 0 fully saturated rings. The van der Waals surface area contributed by atoms with Crippen LogP contribution in [-0.2, 0) is 18.8 Å². The third kappa shape index (κ3) is 8.62. The average Bonchev–Trinajstić information content (AvgIpc) is 2.23. The number of allylic oxidation sites excluding steroid dienone is 1. The lowest BCUT2D eigenvalue weighted by Gasteiger charge is -2.20. The van der Waals surface area contributed by atoms with E-state index in [9.17, 15) is 9.36 Å². The van der Waals surface area contributed by atoms with Crippen LogP contribution in [0.2, 0.25) is 0 Å². The summed E-state index contributed by atoms with van der Waals surface area (Å²) in [7, 11) is -4.86. The maximum Gasteiger partial charge on any atom is 0.493 e. The first-order chi connectivity index (χ1) is 8.30. The lowest BCUT2D eigenvalue weighted by Crippen LogP contribution is -2.29. The second-order valence-corrected chi connectivity index (χ2v) is 5.73. The first-order valence-corrected chi connectivity index (χ1v) is 7.79. The predicted molar refractivity (Wildman–Crippen MR) is 71.2 cm³/mol. The topological polar surface area (TPSA) is 96.3 Å². The van der Waals surface area contributed by atoms with E-state index < -0.39 is 13.8 Å². The molecule has 0 unspecified atom stereocenters. The fourth-order valence-electron chi connectivity index (χ4n) is 0.674. The van der Waals surface area contributed by atoms with E-state index in [-0.39, 0.29) is 9.55 Å². The fourth-order valence-corrected chi connectivity index (χ4v) is 1.98. The Morgan fingerprint density at radius 2 is 2.17 bits per heavy atom. The SMILES string of the molecule is CC=CC(=O)ON(OP(=O)(O)O)C(=S)SCCC. The van der Waals surface area contributed by atoms with Crippen molar-refractivity contribution in [1.29, 1.82) is 0 Å². The Balaban J connectivity index is 4.66. The van der Waals surface area contributed by atoms with Crippen LogP contribution in [0.15, 0.2) is 12.2 Å². The summed E-state index contributed by atoms with van der Waals surface area (Å²) in [4.78, 5) is 33.1. The van der Waals surface area contributed by atoms with Gasteiger partial charge in [-0.05, 0) is 30.8 Å². The van der Waals surface area contributed by atoms with Crippen LogP contribution in [0.1, 0.15) is 20.3 Å². The lowest BCUT2D eigenvalue weighted by molar-refractivity contribution is -0.248. The van der Waals surface area contributed by atoms with Crippen LogP contribution in [0.5, 0.6) is 0 Å². The van der Waals surface area contributed by atoms with Crippen LogP contribution < -0.4 is 0 Å². The van der Waals surface area contributed by atoms with Gasteiger partial charge in [-0.2, -0.15) is 0 Å². The Bertz CT molecular complexity index is 369. The highest BCUT2D eigenvalue weighted by Crippen LogP contribution is 2.38. The number of carbonyl (C=O) groups excluding carboxylic acids is 1. The summed E-state index contributed by atoms with van der Waals surface area (Å²) < 4.78 is 14.8. The summed E-state index contributed by atoms with van der Waals surface area (Å²) in [6.45, 7) is 3.48. The van der Waals surface area contributed by atoms with Crippen molar-refractivity contribution < 1.29 is 28.6 Å². The Morgan fingerprint density at radius 3 is 2.61 bits per heavy atom. The molecule has 0 saturated heterocycles. The van der Waals surface area contributed by atoms with Crippen LogP contribution in [0.25, 0.3) is 0 Å². The Kier molecular flexibility index (Phi) is 8.41. The van der Waals surface area contributed by atoms with Crippen molar-refractivity contribution in [3.8, 4) is 0 Å². The number of thioether (sulfide) groups is 1. The summed E-state index contributed by atoms with van der Waals surface area (Å²) in [5.41, 5.74) is 0. The molecule has 0 rings (SSSR count). The summed E-state index contributed by atoms with van der Waals surface area (Å²) in [5.74, 6) is -0.258. The van der Waals surface area contributed by atoms with E-state index in [0.717, 1.165) is 24.3 Å².